The Morgan fingerprint density at radius 2 is 0.820 bits per heavy atom. The van der Waals surface area contributed by atoms with Gasteiger partial charge < -0.3 is 83.2 Å². The third kappa shape index (κ3) is 25.5. The van der Waals surface area contributed by atoms with E-state index in [1.165, 1.54) is 82.9 Å². The number of nitrogens with two attached hydrogens (primary N) is 1. The number of H-pyrrole nitrogens is 1. The minimum absolute atomic E-state index is 0. The zero-order chi connectivity index (χ0) is 114. The van der Waals surface area contributed by atoms with Gasteiger partial charge in [-0.05, 0) is 120 Å². The van der Waals surface area contributed by atoms with Crippen LogP contribution in [0.2, 0.25) is 0 Å². The zero-order valence-corrected chi connectivity index (χ0v) is 71.9. The van der Waals surface area contributed by atoms with Gasteiger partial charge in [-0.25, -0.2) is 28.6 Å². The van der Waals surface area contributed by atoms with Crippen LogP contribution >= 0.6 is 8.53 Å². The van der Waals surface area contributed by atoms with Crippen LogP contribution in [0, 0.1) is 29.1 Å². The van der Waals surface area contributed by atoms with E-state index < -0.39 is 249 Å². The molecular formula is C89H123N16O22P. The molecule has 696 valence electrons. The number of carbonyl (C=O) groups is 3. The van der Waals surface area contributed by atoms with Gasteiger partial charge in [0.05, 0.1) is 70.2 Å². The maximum absolute atomic E-state index is 13.2. The SMILES string of the molecule is C.[2H]C([2H])([2H])O[C@@H]1[C@H](C)[C@@H](C([2H])([2H])C)O[C@H]1n1ccc(=O)[nH]c1=O.[2H]C([2H])([2H])O[C@@H]1[C@H](C)[C@@H](C([2H])([2H])C)O[C@H]1n1ccc(N)nc1=O.[2H]C([2H])([2H])O[C@@H]1[C@H](C)[C@@H](C([2H])([2H])C)O[C@H]1n1ccc(NC(=O)c2ccccc2)nc1=O.[2H]C([2H])([2H])O[C@@H]1[C@H](O)[C@@H](C([2H])([2H])C)O[C@H]1n1ccc(NC(=O)c2ccccc2)nc1=O.[2H]C([2H])([2H])O[C@@H]1[C@H](OP(OCCC#N)N(C(C)C)C(C)C)[C@@H](C([2H])([2H])C)O[C@H]1n1ccc(NC(=O)c2ccccc2)nc1=O. The molecule has 0 aliphatic carbocycles. The van der Waals surface area contributed by atoms with E-state index in [1.807, 2.05) is 43.4 Å². The predicted molar refractivity (Wildman–Crippen MR) is 478 cm³/mol. The number of rotatable bonds is 29. The molecule has 0 bridgehead atoms. The summed E-state index contributed by atoms with van der Waals surface area (Å²) in [4.78, 5) is 128. The number of nitrogen functional groups attached to an aromatic ring is 1. The van der Waals surface area contributed by atoms with Gasteiger partial charge in [-0.15, -0.1) is 0 Å². The number of amides is 3. The highest BCUT2D eigenvalue weighted by atomic mass is 31.2. The second-order valence-corrected chi connectivity index (χ2v) is 30.7. The number of aliphatic hydroxyl groups excluding tert-OH is 1. The minimum Gasteiger partial charge on any atom is -0.388 e. The van der Waals surface area contributed by atoms with Crippen molar-refractivity contribution in [3.63, 3.8) is 0 Å². The van der Waals surface area contributed by atoms with Gasteiger partial charge in [0.15, 0.2) is 31.1 Å². The van der Waals surface area contributed by atoms with Crippen molar-refractivity contribution in [2.45, 2.75) is 245 Å². The van der Waals surface area contributed by atoms with Gasteiger partial charge in [-0.3, -0.25) is 47.0 Å². The molecule has 0 radical (unpaired) electrons. The molecule has 21 atom stereocenters. The molecule has 10 heterocycles. The lowest BCUT2D eigenvalue weighted by molar-refractivity contribution is -0.0541. The molecule has 3 aromatic carbocycles. The van der Waals surface area contributed by atoms with Crippen LogP contribution < -0.4 is 55.7 Å². The first-order valence-electron chi connectivity index (χ1n) is 52.2. The largest absolute Gasteiger partial charge is 0.388 e. The summed E-state index contributed by atoms with van der Waals surface area (Å²) >= 11 is 0. The summed E-state index contributed by atoms with van der Waals surface area (Å²) in [5.74, 6) is -3.37. The Labute approximate surface area is 779 Å². The smallest absolute Gasteiger partial charge is 0.351 e. The molecule has 38 nitrogen and oxygen atoms in total. The molecule has 8 aromatic rings. The van der Waals surface area contributed by atoms with Gasteiger partial charge in [-0.2, -0.15) is 25.2 Å². The molecule has 5 aliphatic rings. The van der Waals surface area contributed by atoms with E-state index in [0.29, 0.717) is 16.7 Å². The topological polar surface area (TPSA) is 466 Å². The highest BCUT2D eigenvalue weighted by Crippen LogP contribution is 2.51. The lowest BCUT2D eigenvalue weighted by Gasteiger charge is -2.38. The van der Waals surface area contributed by atoms with E-state index in [9.17, 15) is 48.3 Å². The van der Waals surface area contributed by atoms with E-state index in [4.69, 9.17) is 102 Å². The average molecular weight is 1830 g/mol. The van der Waals surface area contributed by atoms with E-state index in [0.717, 1.165) is 35.8 Å². The quantitative estimate of drug-likeness (QED) is 0.0187. The Balaban J connectivity index is 0.000000237. The molecule has 3 amide bonds. The highest BCUT2D eigenvalue weighted by Gasteiger charge is 2.51. The third-order valence-corrected chi connectivity index (χ3v) is 22.6. The molecule has 7 N–H and O–H groups in total. The number of hydrogen-bond acceptors (Lipinski definition) is 29. The van der Waals surface area contributed by atoms with Crippen LogP contribution in [0.4, 0.5) is 23.3 Å². The van der Waals surface area contributed by atoms with E-state index in [-0.39, 0.29) is 55.8 Å². The number of benzene rings is 3. The minimum atomic E-state index is -2.98. The first kappa shape index (κ1) is 71.3. The number of aromatic amines is 1. The van der Waals surface area contributed by atoms with Crippen LogP contribution in [0.3, 0.4) is 0 Å². The van der Waals surface area contributed by atoms with Gasteiger partial charge in [-0.1, -0.05) is 117 Å². The summed E-state index contributed by atoms with van der Waals surface area (Å²) in [6.45, 7) is 18.8. The lowest BCUT2D eigenvalue weighted by Crippen LogP contribution is -2.40. The number of anilines is 4. The number of hydrogen-bond donors (Lipinski definition) is 6. The van der Waals surface area contributed by atoms with Gasteiger partial charge in [0.25, 0.3) is 31.8 Å². The van der Waals surface area contributed by atoms with Crippen LogP contribution in [-0.4, -0.2) is 202 Å². The number of carbonyl (C=O) groups excluding carboxylic acids is 3. The lowest BCUT2D eigenvalue weighted by atomic mass is 9.98. The summed E-state index contributed by atoms with van der Waals surface area (Å²) in [6, 6.07) is 33.2. The van der Waals surface area contributed by atoms with Gasteiger partial charge in [0.1, 0.15) is 66.0 Å². The Kier molecular flexibility index (Phi) is 27.4. The summed E-state index contributed by atoms with van der Waals surface area (Å²) in [5, 5.41) is 27.0. The van der Waals surface area contributed by atoms with Crippen molar-refractivity contribution < 1.29 is 110 Å². The zero-order valence-electron chi connectivity index (χ0n) is 96.0. The number of aliphatic hydroxyl groups is 1. The molecule has 39 heteroatoms. The second-order valence-electron chi connectivity index (χ2n) is 29.3. The van der Waals surface area contributed by atoms with Crippen molar-refractivity contribution in [3.05, 3.63) is 232 Å². The normalized spacial score (nSPS) is 29.8. The third-order valence-electron chi connectivity index (χ3n) is 20.5. The number of nitrogens with zero attached hydrogens (tertiary/aromatic N) is 11. The molecule has 5 fully saturated rings. The van der Waals surface area contributed by atoms with Gasteiger partial charge in [0, 0.05) is 132 Å². The van der Waals surface area contributed by atoms with E-state index in [1.54, 1.807) is 112 Å². The fourth-order valence-corrected chi connectivity index (χ4v) is 15.8. The van der Waals surface area contributed by atoms with Crippen LogP contribution in [0.25, 0.3) is 0 Å². The Morgan fingerprint density at radius 3 is 1.17 bits per heavy atom. The number of nitriles is 1. The van der Waals surface area contributed by atoms with Crippen LogP contribution in [-0.2, 0) is 56.4 Å². The van der Waals surface area contributed by atoms with Crippen molar-refractivity contribution in [1.82, 2.24) is 52.4 Å². The molecule has 0 spiro atoms. The molecule has 5 saturated heterocycles. The average Bonchev–Trinajstić information content (AvgIpc) is 1.61. The Hall–Kier alpha value is -10.6. The Morgan fingerprint density at radius 1 is 0.492 bits per heavy atom. The monoisotopic (exact) mass is 1820 g/mol. The molecule has 128 heavy (non-hydrogen) atoms. The van der Waals surface area contributed by atoms with Crippen molar-refractivity contribution in [2.24, 2.45) is 17.8 Å². The molecule has 5 aromatic heterocycles. The van der Waals surface area contributed by atoms with E-state index >= 15 is 0 Å². The fraction of sp³-hybridized carbons (Fsp3) is 0.528. The first-order chi connectivity index (χ1) is 70.1. The van der Waals surface area contributed by atoms with Gasteiger partial charge >= 0.3 is 28.4 Å². The molecule has 13 rings (SSSR count). The van der Waals surface area contributed by atoms with Crippen LogP contribution in [0.1, 0.15) is 225 Å². The number of nitrogens with one attached hydrogen (secondary N) is 4. The molecule has 5 aliphatic heterocycles. The maximum Gasteiger partial charge on any atom is 0.351 e. The van der Waals surface area contributed by atoms with Crippen LogP contribution in [0.15, 0.2) is 181 Å². The second kappa shape index (κ2) is 49.3. The van der Waals surface area contributed by atoms with Crippen molar-refractivity contribution >= 4 is 49.5 Å². The fourth-order valence-electron chi connectivity index (χ4n) is 14.1. The van der Waals surface area contributed by atoms with Gasteiger partial charge in [0.2, 0.25) is 0 Å². The molecule has 1 unspecified atom stereocenters. The van der Waals surface area contributed by atoms with E-state index in [2.05, 4.69) is 35.9 Å². The predicted octanol–water partition coefficient (Wildman–Crippen LogP) is 10.0. The molecule has 0 saturated carbocycles. The first-order valence-corrected chi connectivity index (χ1v) is 40.8. The van der Waals surface area contributed by atoms with Crippen molar-refractivity contribution in [2.75, 3.05) is 63.5 Å². The van der Waals surface area contributed by atoms with Crippen molar-refractivity contribution in [1.29, 1.82) is 5.26 Å². The summed E-state index contributed by atoms with van der Waals surface area (Å²) < 4.78 is 265. The van der Waals surface area contributed by atoms with Crippen LogP contribution in [0.5, 0.6) is 0 Å². The number of aromatic nitrogens is 10. The summed E-state index contributed by atoms with van der Waals surface area (Å²) in [6.07, 6.45) is -24.6. The molecular weight excluding hydrogens is 1680 g/mol. The number of methoxy groups -OCH3 is 5. The maximum atomic E-state index is 13.2. The number of ether oxygens (including phenoxy) is 10. The Bertz CT molecular complexity index is 6200. The summed E-state index contributed by atoms with van der Waals surface area (Å²) in [5.41, 5.74) is 1.79. The highest BCUT2D eigenvalue weighted by molar-refractivity contribution is 7.44. The standard InChI is InChI=1S/C27H38N5O6P.C19H23N3O4.C18H21N3O5.C12H19N3O3.C12H18N2O4.CH4/c1-7-21-23(38-39(36-17-11-15-28)32(18(2)3)19(4)5)24(35-6)26(37-21)31-16-14-22(30-27(31)34)29-25(33)20-12-9-8-10-13-20;1-4-14-12(2)16(25-3)18(26-14)22-11-10-15(21-19(22)24)20-17(23)13-8-6-5-7-9-13;1-3-12-14(22)15(25-2)17(26-12)21-10-9-13(20-18(21)24)19-16(23)11-7-5-4-6-8-11;1-4-8-7(2)10(17-3)11(18-8)15-6-5-9(13)14-12(15)16;1-4-8-7(2)10(17-3)11(18-8)14-6-5-9(15)13-12(14)16;/h8-10,12-14,16,18-19,21,23-24,26H,7,11,17H2,1-6H3,(H,29,30,33,34);5-12,14,16,18H,4H2,1-3H3,(H,20,21,23,24);4-10,12,14-15,17,22H,3H2,1-2H3,(H,19,20,23,24);5-8,10-11H,4H2,1-3H3,(H2,13,14,16);5-8,10-11H,4H2,1-3H3,(H,13,15,16);1H4/t21-,23-,24-,26-,39?;12-,14-,16-,18-;12-,14-,15-,17-;2*7-,8-,10-,11-;/m11111./s1/i6D3,7D2;3D3,4D2;2D3,3D2;2*3D3,4D2;. The van der Waals surface area contributed by atoms with Crippen molar-refractivity contribution in [3.8, 4) is 6.07 Å². The summed E-state index contributed by atoms with van der Waals surface area (Å²) in [7, 11) is -16.1.